The lowest BCUT2D eigenvalue weighted by Crippen LogP contribution is -2.37. The van der Waals surface area contributed by atoms with E-state index in [-0.39, 0.29) is 11.7 Å². The van der Waals surface area contributed by atoms with Gasteiger partial charge in [-0.3, -0.25) is 15.1 Å². The summed E-state index contributed by atoms with van der Waals surface area (Å²) < 4.78 is 7.60. The fraction of sp³-hybridized carbons (Fsp3) is 0.190. The van der Waals surface area contributed by atoms with E-state index < -0.39 is 0 Å². The molecule has 0 saturated carbocycles. The molecular weight excluding hydrogens is 372 g/mol. The van der Waals surface area contributed by atoms with Crippen molar-refractivity contribution < 1.29 is 9.53 Å². The number of aryl methyl sites for hydroxylation is 1. The lowest BCUT2D eigenvalue weighted by molar-refractivity contribution is -0.114. The van der Waals surface area contributed by atoms with Gasteiger partial charge in [-0.1, -0.05) is 23.9 Å². The largest absolute Gasteiger partial charge is 0.495 e. The molecule has 0 spiro atoms. The maximum atomic E-state index is 12.5. The van der Waals surface area contributed by atoms with Crippen molar-refractivity contribution >= 4 is 34.7 Å². The zero-order valence-electron chi connectivity index (χ0n) is 16.1. The van der Waals surface area contributed by atoms with Crippen molar-refractivity contribution in [2.75, 3.05) is 7.11 Å². The number of nitrogens with zero attached hydrogens (tertiary/aromatic N) is 3. The molecule has 1 amide bonds. The van der Waals surface area contributed by atoms with E-state index in [1.807, 2.05) is 56.5 Å². The molecule has 7 heteroatoms. The number of aromatic nitrogens is 1. The van der Waals surface area contributed by atoms with E-state index >= 15 is 0 Å². The standard InChI is InChI=1S/C21H20N4O2S/c1-12-9-15(14(3)24(12)17-7-5-6-8-18(17)27-4)10-16-19(22)25-13(2)11-28-21(25)23-20(16)26/h5-11,22H,1-4H3. The number of ether oxygens (including phenoxy) is 1. The highest BCUT2D eigenvalue weighted by atomic mass is 32.2. The second-order valence-electron chi connectivity index (χ2n) is 6.65. The Labute approximate surface area is 167 Å². The second kappa shape index (κ2) is 6.83. The fourth-order valence-corrected chi connectivity index (χ4v) is 4.37. The van der Waals surface area contributed by atoms with E-state index in [0.717, 1.165) is 34.1 Å². The van der Waals surface area contributed by atoms with E-state index in [4.69, 9.17) is 10.1 Å². The van der Waals surface area contributed by atoms with E-state index in [1.165, 1.54) is 11.8 Å². The molecular formula is C21H20N4O2S. The van der Waals surface area contributed by atoms with E-state index in [1.54, 1.807) is 18.1 Å². The molecule has 3 heterocycles. The van der Waals surface area contributed by atoms with Gasteiger partial charge < -0.3 is 9.30 Å². The predicted octanol–water partition coefficient (Wildman–Crippen LogP) is 4.27. The number of methoxy groups -OCH3 is 1. The molecule has 6 nitrogen and oxygen atoms in total. The monoisotopic (exact) mass is 392 g/mol. The van der Waals surface area contributed by atoms with Gasteiger partial charge in [0.25, 0.3) is 5.91 Å². The third kappa shape index (κ3) is 2.79. The highest BCUT2D eigenvalue weighted by Gasteiger charge is 2.34. The Bertz CT molecular complexity index is 1110. The Morgan fingerprint density at radius 2 is 1.96 bits per heavy atom. The number of carbonyl (C=O) groups is 1. The summed E-state index contributed by atoms with van der Waals surface area (Å²) >= 11 is 1.37. The summed E-state index contributed by atoms with van der Waals surface area (Å²) in [6, 6.07) is 9.82. The minimum atomic E-state index is -0.381. The van der Waals surface area contributed by atoms with Crippen LogP contribution in [0, 0.1) is 19.3 Å². The van der Waals surface area contributed by atoms with E-state index in [9.17, 15) is 4.79 Å². The number of para-hydroxylation sites is 2. The molecule has 0 atom stereocenters. The van der Waals surface area contributed by atoms with Gasteiger partial charge in [-0.15, -0.1) is 0 Å². The number of hydrogen-bond acceptors (Lipinski definition) is 4. The maximum absolute atomic E-state index is 12.5. The summed E-state index contributed by atoms with van der Waals surface area (Å²) in [5.74, 6) is 0.555. The number of thioether (sulfide) groups is 1. The zero-order chi connectivity index (χ0) is 20.0. The number of hydrogen-bond donors (Lipinski definition) is 1. The Morgan fingerprint density at radius 1 is 1.21 bits per heavy atom. The molecule has 4 rings (SSSR count). The number of fused-ring (bicyclic) bond motifs is 1. The molecule has 2 aliphatic rings. The zero-order valence-corrected chi connectivity index (χ0v) is 16.9. The van der Waals surface area contributed by atoms with Crippen LogP contribution in [-0.2, 0) is 4.79 Å². The summed E-state index contributed by atoms with van der Waals surface area (Å²) in [5, 5.41) is 11.0. The van der Waals surface area contributed by atoms with Gasteiger partial charge in [-0.2, -0.15) is 4.99 Å². The van der Waals surface area contributed by atoms with Gasteiger partial charge in [0, 0.05) is 17.1 Å². The van der Waals surface area contributed by atoms with Crippen LogP contribution in [0.15, 0.2) is 52.0 Å². The molecule has 2 aromatic rings. The minimum absolute atomic E-state index is 0.163. The molecule has 28 heavy (non-hydrogen) atoms. The number of amidine groups is 2. The quantitative estimate of drug-likeness (QED) is 0.792. The molecule has 1 aromatic carbocycles. The molecule has 0 bridgehead atoms. The lowest BCUT2D eigenvalue weighted by atomic mass is 10.1. The SMILES string of the molecule is COc1ccccc1-n1c(C)cc(C=C2C(=N)N3C(C)=CSC3=NC2=O)c1C. The third-order valence-corrected chi connectivity index (χ3v) is 5.83. The van der Waals surface area contributed by atoms with Crippen LogP contribution >= 0.6 is 11.8 Å². The van der Waals surface area contributed by atoms with Gasteiger partial charge in [0.15, 0.2) is 5.17 Å². The van der Waals surface area contributed by atoms with Crippen LogP contribution in [0.3, 0.4) is 0 Å². The second-order valence-corrected chi connectivity index (χ2v) is 7.49. The molecule has 0 unspecified atom stereocenters. The Morgan fingerprint density at radius 3 is 2.71 bits per heavy atom. The molecule has 0 radical (unpaired) electrons. The summed E-state index contributed by atoms with van der Waals surface area (Å²) in [4.78, 5) is 18.4. The Balaban J connectivity index is 1.81. The number of rotatable bonds is 3. The van der Waals surface area contributed by atoms with Gasteiger partial charge in [0.1, 0.15) is 11.6 Å². The van der Waals surface area contributed by atoms with Gasteiger partial charge >= 0.3 is 0 Å². The van der Waals surface area contributed by atoms with Gasteiger partial charge in [-0.05, 0) is 56.0 Å². The first kappa shape index (κ1) is 18.3. The number of aliphatic imine (C=N–C) groups is 1. The highest BCUT2D eigenvalue weighted by molar-refractivity contribution is 8.16. The third-order valence-electron chi connectivity index (χ3n) is 4.88. The fourth-order valence-electron chi connectivity index (χ4n) is 3.52. The molecule has 0 saturated heterocycles. The molecule has 2 aliphatic heterocycles. The van der Waals surface area contributed by atoms with Crippen LogP contribution in [0.5, 0.6) is 5.75 Å². The average molecular weight is 392 g/mol. The highest BCUT2D eigenvalue weighted by Crippen LogP contribution is 2.33. The molecule has 1 N–H and O–H groups in total. The van der Waals surface area contributed by atoms with E-state index in [2.05, 4.69) is 9.56 Å². The summed E-state index contributed by atoms with van der Waals surface area (Å²) in [5.41, 5.74) is 4.98. The first-order chi connectivity index (χ1) is 13.4. The van der Waals surface area contributed by atoms with Crippen LogP contribution in [0.1, 0.15) is 23.9 Å². The first-order valence-corrected chi connectivity index (χ1v) is 9.70. The Kier molecular flexibility index (Phi) is 4.47. The summed E-state index contributed by atoms with van der Waals surface area (Å²) in [7, 11) is 1.65. The lowest BCUT2D eigenvalue weighted by Gasteiger charge is -2.25. The van der Waals surface area contributed by atoms with Crippen molar-refractivity contribution in [3.8, 4) is 11.4 Å². The van der Waals surface area contributed by atoms with E-state index in [0.29, 0.717) is 10.7 Å². The van der Waals surface area contributed by atoms with Crippen LogP contribution in [-0.4, -0.2) is 33.5 Å². The van der Waals surface area contributed by atoms with Crippen LogP contribution < -0.4 is 4.74 Å². The number of benzene rings is 1. The Hall–Kier alpha value is -3.06. The summed E-state index contributed by atoms with van der Waals surface area (Å²) in [6.07, 6.45) is 1.76. The number of allylic oxidation sites excluding steroid dienone is 1. The van der Waals surface area contributed by atoms with Crippen LogP contribution in [0.25, 0.3) is 11.8 Å². The normalized spacial score (nSPS) is 17.7. The topological polar surface area (TPSA) is 70.7 Å². The number of nitrogens with one attached hydrogen (secondary N) is 1. The number of carbonyl (C=O) groups excluding carboxylic acids is 1. The minimum Gasteiger partial charge on any atom is -0.495 e. The average Bonchev–Trinajstić information content (AvgIpc) is 3.17. The maximum Gasteiger partial charge on any atom is 0.283 e. The van der Waals surface area contributed by atoms with Gasteiger partial charge in [0.2, 0.25) is 0 Å². The van der Waals surface area contributed by atoms with Crippen molar-refractivity contribution in [3.63, 3.8) is 0 Å². The van der Waals surface area contributed by atoms with Crippen LogP contribution in [0.4, 0.5) is 0 Å². The van der Waals surface area contributed by atoms with Crippen molar-refractivity contribution in [2.24, 2.45) is 4.99 Å². The molecule has 0 fully saturated rings. The van der Waals surface area contributed by atoms with Gasteiger partial charge in [-0.25, -0.2) is 0 Å². The molecule has 142 valence electrons. The molecule has 1 aromatic heterocycles. The van der Waals surface area contributed by atoms with Crippen molar-refractivity contribution in [3.05, 3.63) is 64.0 Å². The number of amides is 1. The van der Waals surface area contributed by atoms with Crippen molar-refractivity contribution in [2.45, 2.75) is 20.8 Å². The molecule has 0 aliphatic carbocycles. The van der Waals surface area contributed by atoms with Crippen molar-refractivity contribution in [1.82, 2.24) is 9.47 Å². The van der Waals surface area contributed by atoms with Crippen LogP contribution in [0.2, 0.25) is 0 Å². The smallest absolute Gasteiger partial charge is 0.283 e. The van der Waals surface area contributed by atoms with Gasteiger partial charge in [0.05, 0.1) is 18.4 Å². The summed E-state index contributed by atoms with van der Waals surface area (Å²) in [6.45, 7) is 5.91. The first-order valence-electron chi connectivity index (χ1n) is 8.82. The predicted molar refractivity (Wildman–Crippen MR) is 113 cm³/mol. The van der Waals surface area contributed by atoms with Crippen molar-refractivity contribution in [1.29, 1.82) is 5.41 Å².